The van der Waals surface area contributed by atoms with E-state index in [1.54, 1.807) is 12.3 Å². The predicted octanol–water partition coefficient (Wildman–Crippen LogP) is 2.82. The summed E-state index contributed by atoms with van der Waals surface area (Å²) in [6, 6.07) is 12.2. The Hall–Kier alpha value is -2.36. The minimum Gasteiger partial charge on any atom is -0.378 e. The van der Waals surface area contributed by atoms with Gasteiger partial charge in [-0.3, -0.25) is 9.78 Å². The molecule has 1 N–H and O–H groups in total. The third kappa shape index (κ3) is 4.58. The van der Waals surface area contributed by atoms with Crippen molar-refractivity contribution < 1.29 is 4.79 Å². The molecule has 0 spiro atoms. The van der Waals surface area contributed by atoms with E-state index in [0.717, 1.165) is 18.5 Å². The zero-order valence-corrected chi connectivity index (χ0v) is 13.5. The van der Waals surface area contributed by atoms with E-state index in [-0.39, 0.29) is 5.91 Å². The molecule has 1 aromatic heterocycles. The van der Waals surface area contributed by atoms with E-state index in [4.69, 9.17) is 0 Å². The minimum absolute atomic E-state index is 0.0598. The van der Waals surface area contributed by atoms with Gasteiger partial charge in [0, 0.05) is 38.2 Å². The molecule has 0 saturated carbocycles. The molecule has 1 amide bonds. The second-order valence-corrected chi connectivity index (χ2v) is 5.61. The lowest BCUT2D eigenvalue weighted by atomic mass is 10.1. The molecule has 0 unspecified atom stereocenters. The quantitative estimate of drug-likeness (QED) is 0.834. The van der Waals surface area contributed by atoms with Crippen molar-refractivity contribution >= 4 is 11.6 Å². The van der Waals surface area contributed by atoms with E-state index in [1.165, 1.54) is 11.3 Å². The molecule has 0 aliphatic carbocycles. The molecule has 116 valence electrons. The van der Waals surface area contributed by atoms with E-state index in [1.807, 2.05) is 27.1 Å². The Labute approximate surface area is 132 Å². The van der Waals surface area contributed by atoms with Crippen LogP contribution in [0.3, 0.4) is 0 Å². The number of pyridine rings is 1. The van der Waals surface area contributed by atoms with Crippen LogP contribution in [0.2, 0.25) is 0 Å². The molecule has 0 fully saturated rings. The molecule has 2 aromatic rings. The van der Waals surface area contributed by atoms with Crippen molar-refractivity contribution in [3.8, 4) is 0 Å². The summed E-state index contributed by atoms with van der Waals surface area (Å²) in [6.45, 7) is 2.57. The van der Waals surface area contributed by atoms with Crippen molar-refractivity contribution in [2.45, 2.75) is 19.8 Å². The fourth-order valence-corrected chi connectivity index (χ4v) is 2.16. The van der Waals surface area contributed by atoms with Gasteiger partial charge in [-0.25, -0.2) is 0 Å². The van der Waals surface area contributed by atoms with E-state index in [0.29, 0.717) is 12.1 Å². The van der Waals surface area contributed by atoms with Gasteiger partial charge in [-0.15, -0.1) is 0 Å². The Kier molecular flexibility index (Phi) is 5.53. The molecule has 0 aliphatic rings. The number of anilines is 1. The molecule has 4 heteroatoms. The lowest BCUT2D eigenvalue weighted by Gasteiger charge is -2.12. The van der Waals surface area contributed by atoms with Crippen LogP contribution in [-0.2, 0) is 6.42 Å². The Morgan fingerprint density at radius 3 is 2.45 bits per heavy atom. The summed E-state index contributed by atoms with van der Waals surface area (Å²) in [5, 5.41) is 2.93. The molecular weight excluding hydrogens is 274 g/mol. The van der Waals surface area contributed by atoms with E-state index in [9.17, 15) is 4.79 Å². The molecule has 4 nitrogen and oxygen atoms in total. The van der Waals surface area contributed by atoms with Crippen LogP contribution in [0.1, 0.15) is 28.0 Å². The number of hydrogen-bond donors (Lipinski definition) is 1. The summed E-state index contributed by atoms with van der Waals surface area (Å²) < 4.78 is 0. The number of amides is 1. The standard InChI is InChI=1S/C18H23N3O/c1-14-6-9-16(13-20-14)18(22)19-12-4-5-15-7-10-17(11-8-15)21(2)3/h6-11,13H,4-5,12H2,1-3H3,(H,19,22). The molecule has 0 saturated heterocycles. The van der Waals surface area contributed by atoms with Crippen molar-refractivity contribution in [1.82, 2.24) is 10.3 Å². The van der Waals surface area contributed by atoms with Gasteiger partial charge in [-0.1, -0.05) is 12.1 Å². The lowest BCUT2D eigenvalue weighted by molar-refractivity contribution is 0.0953. The van der Waals surface area contributed by atoms with Gasteiger partial charge in [0.1, 0.15) is 0 Å². The Morgan fingerprint density at radius 1 is 1.14 bits per heavy atom. The number of nitrogens with zero attached hydrogens (tertiary/aromatic N) is 2. The number of aromatic nitrogens is 1. The Bertz CT molecular complexity index is 603. The van der Waals surface area contributed by atoms with E-state index < -0.39 is 0 Å². The van der Waals surface area contributed by atoms with Crippen molar-refractivity contribution in [1.29, 1.82) is 0 Å². The largest absolute Gasteiger partial charge is 0.378 e. The molecule has 1 aromatic carbocycles. The highest BCUT2D eigenvalue weighted by molar-refractivity contribution is 5.93. The maximum atomic E-state index is 11.9. The van der Waals surface area contributed by atoms with Crippen molar-refractivity contribution in [3.63, 3.8) is 0 Å². The Balaban J connectivity index is 1.74. The highest BCUT2D eigenvalue weighted by Crippen LogP contribution is 2.13. The van der Waals surface area contributed by atoms with E-state index in [2.05, 4.69) is 39.5 Å². The normalized spacial score (nSPS) is 10.3. The summed E-state index contributed by atoms with van der Waals surface area (Å²) in [6.07, 6.45) is 3.50. The monoisotopic (exact) mass is 297 g/mol. The van der Waals surface area contributed by atoms with Gasteiger partial charge < -0.3 is 10.2 Å². The lowest BCUT2D eigenvalue weighted by Crippen LogP contribution is -2.24. The minimum atomic E-state index is -0.0598. The van der Waals surface area contributed by atoms with Gasteiger partial charge >= 0.3 is 0 Å². The average Bonchev–Trinajstić information content (AvgIpc) is 2.52. The summed E-state index contributed by atoms with van der Waals surface area (Å²) in [4.78, 5) is 18.1. The summed E-state index contributed by atoms with van der Waals surface area (Å²) >= 11 is 0. The predicted molar refractivity (Wildman–Crippen MR) is 90.4 cm³/mol. The number of hydrogen-bond acceptors (Lipinski definition) is 3. The zero-order valence-electron chi connectivity index (χ0n) is 13.5. The zero-order chi connectivity index (χ0) is 15.9. The van der Waals surface area contributed by atoms with Crippen molar-refractivity contribution in [3.05, 3.63) is 59.4 Å². The van der Waals surface area contributed by atoms with Crippen LogP contribution in [0, 0.1) is 6.92 Å². The van der Waals surface area contributed by atoms with Crippen LogP contribution in [0.5, 0.6) is 0 Å². The molecule has 22 heavy (non-hydrogen) atoms. The Morgan fingerprint density at radius 2 is 1.86 bits per heavy atom. The van der Waals surface area contributed by atoms with Crippen LogP contribution in [0.4, 0.5) is 5.69 Å². The van der Waals surface area contributed by atoms with Crippen molar-refractivity contribution in [2.24, 2.45) is 0 Å². The van der Waals surface area contributed by atoms with Crippen LogP contribution in [-0.4, -0.2) is 31.5 Å². The smallest absolute Gasteiger partial charge is 0.252 e. The fraction of sp³-hybridized carbons (Fsp3) is 0.333. The highest BCUT2D eigenvalue weighted by Gasteiger charge is 2.04. The third-order valence-electron chi connectivity index (χ3n) is 3.55. The fourth-order valence-electron chi connectivity index (χ4n) is 2.16. The molecule has 0 radical (unpaired) electrons. The number of carbonyl (C=O) groups is 1. The number of carbonyl (C=O) groups excluding carboxylic acids is 1. The second kappa shape index (κ2) is 7.59. The van der Waals surface area contributed by atoms with Gasteiger partial charge in [0.05, 0.1) is 5.56 Å². The summed E-state index contributed by atoms with van der Waals surface area (Å²) in [7, 11) is 4.06. The summed E-state index contributed by atoms with van der Waals surface area (Å²) in [5.41, 5.74) is 4.01. The van der Waals surface area contributed by atoms with Gasteiger partial charge in [0.15, 0.2) is 0 Å². The van der Waals surface area contributed by atoms with Gasteiger partial charge in [0.25, 0.3) is 5.91 Å². The molecule has 0 atom stereocenters. The molecule has 0 aliphatic heterocycles. The van der Waals surface area contributed by atoms with Gasteiger partial charge in [0.2, 0.25) is 0 Å². The molecular formula is C18H23N3O. The van der Waals surface area contributed by atoms with Crippen LogP contribution < -0.4 is 10.2 Å². The highest BCUT2D eigenvalue weighted by atomic mass is 16.1. The number of rotatable bonds is 6. The SMILES string of the molecule is Cc1ccc(C(=O)NCCCc2ccc(N(C)C)cc2)cn1. The molecule has 1 heterocycles. The first-order chi connectivity index (χ1) is 10.6. The van der Waals surface area contributed by atoms with Gasteiger partial charge in [-0.2, -0.15) is 0 Å². The average molecular weight is 297 g/mol. The number of aryl methyl sites for hydroxylation is 2. The van der Waals surface area contributed by atoms with Crippen LogP contribution in [0.15, 0.2) is 42.6 Å². The first kappa shape index (κ1) is 16.0. The second-order valence-electron chi connectivity index (χ2n) is 5.61. The van der Waals surface area contributed by atoms with Crippen LogP contribution >= 0.6 is 0 Å². The summed E-state index contributed by atoms with van der Waals surface area (Å²) in [5.74, 6) is -0.0598. The number of benzene rings is 1. The van der Waals surface area contributed by atoms with Crippen molar-refractivity contribution in [2.75, 3.05) is 25.5 Å². The van der Waals surface area contributed by atoms with Crippen LogP contribution in [0.25, 0.3) is 0 Å². The first-order valence-electron chi connectivity index (χ1n) is 7.53. The number of nitrogens with one attached hydrogen (secondary N) is 1. The van der Waals surface area contributed by atoms with E-state index >= 15 is 0 Å². The third-order valence-corrected chi connectivity index (χ3v) is 3.55. The molecule has 2 rings (SSSR count). The first-order valence-corrected chi connectivity index (χ1v) is 7.53. The van der Waals surface area contributed by atoms with Gasteiger partial charge in [-0.05, 0) is 49.6 Å². The topological polar surface area (TPSA) is 45.2 Å². The molecule has 0 bridgehead atoms. The maximum Gasteiger partial charge on any atom is 0.252 e. The maximum absolute atomic E-state index is 11.9.